The van der Waals surface area contributed by atoms with Gasteiger partial charge in [0.1, 0.15) is 18.3 Å². The van der Waals surface area contributed by atoms with Crippen molar-refractivity contribution in [3.63, 3.8) is 0 Å². The first-order chi connectivity index (χ1) is 8.28. The molecule has 4 atom stereocenters. The van der Waals surface area contributed by atoms with Gasteiger partial charge in [0.15, 0.2) is 12.1 Å². The van der Waals surface area contributed by atoms with E-state index in [0.717, 1.165) is 25.7 Å². The van der Waals surface area contributed by atoms with Gasteiger partial charge in [-0.15, -0.1) is 0 Å². The predicted molar refractivity (Wildman–Crippen MR) is 58.3 cm³/mol. The van der Waals surface area contributed by atoms with Crippen LogP contribution in [0, 0.1) is 0 Å². The fraction of sp³-hybridized carbons (Fsp3) is 1.00. The first-order valence-electron chi connectivity index (χ1n) is 6.43. The molecule has 3 aliphatic rings. The molecule has 5 heteroatoms. The summed E-state index contributed by atoms with van der Waals surface area (Å²) >= 11 is 0. The first-order valence-corrected chi connectivity index (χ1v) is 6.43. The Bertz CT molecular complexity index is 256. The number of rotatable bonds is 2. The quantitative estimate of drug-likeness (QED) is 0.778. The van der Waals surface area contributed by atoms with Gasteiger partial charge in [-0.2, -0.15) is 0 Å². The molecule has 4 unspecified atom stereocenters. The van der Waals surface area contributed by atoms with Gasteiger partial charge in [0, 0.05) is 20.0 Å². The third-order valence-electron chi connectivity index (χ3n) is 4.00. The summed E-state index contributed by atoms with van der Waals surface area (Å²) < 4.78 is 22.9. The van der Waals surface area contributed by atoms with Crippen LogP contribution in [0.4, 0.5) is 0 Å². The van der Waals surface area contributed by atoms with Crippen molar-refractivity contribution in [2.24, 2.45) is 0 Å². The van der Waals surface area contributed by atoms with Gasteiger partial charge in [0.25, 0.3) is 0 Å². The Morgan fingerprint density at radius 3 is 2.53 bits per heavy atom. The highest BCUT2D eigenvalue weighted by atomic mass is 16.8. The van der Waals surface area contributed by atoms with Crippen molar-refractivity contribution in [3.8, 4) is 0 Å². The highest BCUT2D eigenvalue weighted by Gasteiger charge is 2.58. The molecule has 1 saturated carbocycles. The van der Waals surface area contributed by atoms with Crippen molar-refractivity contribution in [2.75, 3.05) is 13.7 Å². The minimum Gasteiger partial charge on any atom is -0.394 e. The van der Waals surface area contributed by atoms with E-state index in [4.69, 9.17) is 18.9 Å². The van der Waals surface area contributed by atoms with E-state index in [1.165, 1.54) is 6.42 Å². The summed E-state index contributed by atoms with van der Waals surface area (Å²) in [6.45, 7) is -0.0551. The van der Waals surface area contributed by atoms with E-state index >= 15 is 0 Å². The maximum Gasteiger partial charge on any atom is 0.186 e. The standard InChI is InChI=1S/C12H20O5/c1-14-11-10-9(8(7-13)15-11)16-12(17-10)5-3-2-4-6-12/h8-11,13H,2-7H2,1H3. The van der Waals surface area contributed by atoms with Crippen molar-refractivity contribution < 1.29 is 24.1 Å². The summed E-state index contributed by atoms with van der Waals surface area (Å²) in [6, 6.07) is 0. The molecule has 0 amide bonds. The molecule has 0 aromatic carbocycles. The lowest BCUT2D eigenvalue weighted by molar-refractivity contribution is -0.253. The van der Waals surface area contributed by atoms with E-state index < -0.39 is 12.1 Å². The van der Waals surface area contributed by atoms with Crippen molar-refractivity contribution in [2.45, 2.75) is 62.5 Å². The second-order valence-electron chi connectivity index (χ2n) is 5.10. The minimum absolute atomic E-state index is 0.0551. The number of fused-ring (bicyclic) bond motifs is 1. The second kappa shape index (κ2) is 4.48. The summed E-state index contributed by atoms with van der Waals surface area (Å²) in [7, 11) is 1.59. The zero-order chi connectivity index (χ0) is 11.9. The summed E-state index contributed by atoms with van der Waals surface area (Å²) in [6.07, 6.45) is 4.27. The molecular weight excluding hydrogens is 224 g/mol. The third kappa shape index (κ3) is 1.90. The average molecular weight is 244 g/mol. The van der Waals surface area contributed by atoms with Crippen LogP contribution < -0.4 is 0 Å². The Hall–Kier alpha value is -0.200. The van der Waals surface area contributed by atoms with E-state index in [2.05, 4.69) is 0 Å². The Labute approximate surface area is 101 Å². The lowest BCUT2D eigenvalue weighted by Gasteiger charge is -2.33. The van der Waals surface area contributed by atoms with Gasteiger partial charge in [0.2, 0.25) is 0 Å². The Morgan fingerprint density at radius 2 is 1.88 bits per heavy atom. The number of ether oxygens (including phenoxy) is 4. The van der Waals surface area contributed by atoms with E-state index in [1.807, 2.05) is 0 Å². The van der Waals surface area contributed by atoms with Crippen LogP contribution in [0.2, 0.25) is 0 Å². The van der Waals surface area contributed by atoms with Crippen molar-refractivity contribution in [3.05, 3.63) is 0 Å². The van der Waals surface area contributed by atoms with Gasteiger partial charge in [0.05, 0.1) is 6.61 Å². The van der Waals surface area contributed by atoms with Crippen LogP contribution in [0.3, 0.4) is 0 Å². The molecule has 0 bridgehead atoms. The van der Waals surface area contributed by atoms with Gasteiger partial charge < -0.3 is 24.1 Å². The van der Waals surface area contributed by atoms with Gasteiger partial charge in [-0.3, -0.25) is 0 Å². The van der Waals surface area contributed by atoms with Crippen molar-refractivity contribution in [1.29, 1.82) is 0 Å². The van der Waals surface area contributed by atoms with E-state index in [0.29, 0.717) is 0 Å². The largest absolute Gasteiger partial charge is 0.394 e. The van der Waals surface area contributed by atoms with Crippen LogP contribution >= 0.6 is 0 Å². The molecule has 3 rings (SSSR count). The molecule has 0 aromatic heterocycles. The molecule has 5 nitrogen and oxygen atoms in total. The molecule has 1 N–H and O–H groups in total. The molecule has 98 valence electrons. The van der Waals surface area contributed by atoms with Crippen LogP contribution in [-0.4, -0.2) is 49.2 Å². The lowest BCUT2D eigenvalue weighted by atomic mass is 9.94. The topological polar surface area (TPSA) is 57.2 Å². The van der Waals surface area contributed by atoms with E-state index in [9.17, 15) is 5.11 Å². The average Bonchev–Trinajstić information content (AvgIpc) is 2.85. The molecule has 1 aliphatic carbocycles. The molecule has 2 heterocycles. The lowest BCUT2D eigenvalue weighted by Crippen LogP contribution is -2.37. The Kier molecular flexibility index (Phi) is 3.13. The smallest absolute Gasteiger partial charge is 0.186 e. The molecular formula is C12H20O5. The highest BCUT2D eigenvalue weighted by Crippen LogP contribution is 2.45. The molecule has 0 radical (unpaired) electrons. The number of hydrogen-bond acceptors (Lipinski definition) is 5. The molecule has 17 heavy (non-hydrogen) atoms. The molecule has 3 fully saturated rings. The summed E-state index contributed by atoms with van der Waals surface area (Å²) in [5.74, 6) is -0.443. The highest BCUT2D eigenvalue weighted by molar-refractivity contribution is 4.97. The van der Waals surface area contributed by atoms with Gasteiger partial charge in [-0.1, -0.05) is 6.42 Å². The zero-order valence-corrected chi connectivity index (χ0v) is 10.1. The first kappa shape index (κ1) is 11.9. The number of methoxy groups -OCH3 is 1. The summed E-state index contributed by atoms with van der Waals surface area (Å²) in [5, 5.41) is 9.30. The van der Waals surface area contributed by atoms with E-state index in [-0.39, 0.29) is 24.9 Å². The maximum absolute atomic E-state index is 9.30. The van der Waals surface area contributed by atoms with Crippen LogP contribution in [0.5, 0.6) is 0 Å². The summed E-state index contributed by atoms with van der Waals surface area (Å²) in [4.78, 5) is 0. The number of hydrogen-bond donors (Lipinski definition) is 1. The minimum atomic E-state index is -0.443. The van der Waals surface area contributed by atoms with Gasteiger partial charge in [-0.25, -0.2) is 0 Å². The van der Waals surface area contributed by atoms with Crippen molar-refractivity contribution in [1.82, 2.24) is 0 Å². The third-order valence-corrected chi connectivity index (χ3v) is 4.00. The van der Waals surface area contributed by atoms with Crippen LogP contribution in [0.1, 0.15) is 32.1 Å². The molecule has 2 saturated heterocycles. The van der Waals surface area contributed by atoms with Crippen molar-refractivity contribution >= 4 is 0 Å². The fourth-order valence-electron chi connectivity index (χ4n) is 3.15. The Morgan fingerprint density at radius 1 is 1.18 bits per heavy atom. The summed E-state index contributed by atoms with van der Waals surface area (Å²) in [5.41, 5.74) is 0. The molecule has 0 aromatic rings. The zero-order valence-electron chi connectivity index (χ0n) is 10.1. The Balaban J connectivity index is 1.76. The van der Waals surface area contributed by atoms with Crippen LogP contribution in [0.15, 0.2) is 0 Å². The predicted octanol–water partition coefficient (Wildman–Crippen LogP) is 0.794. The van der Waals surface area contributed by atoms with Gasteiger partial charge in [-0.05, 0) is 12.8 Å². The fourth-order valence-corrected chi connectivity index (χ4v) is 3.15. The molecule has 2 aliphatic heterocycles. The maximum atomic E-state index is 9.30. The number of aliphatic hydroxyl groups is 1. The van der Waals surface area contributed by atoms with Crippen LogP contribution in [0.25, 0.3) is 0 Å². The normalized spacial score (nSPS) is 44.1. The van der Waals surface area contributed by atoms with Gasteiger partial charge >= 0.3 is 0 Å². The SMILES string of the molecule is COC1OC(CO)C2OC3(CCCCC3)OC12. The second-order valence-corrected chi connectivity index (χ2v) is 5.10. The monoisotopic (exact) mass is 244 g/mol. The van der Waals surface area contributed by atoms with Crippen LogP contribution in [-0.2, 0) is 18.9 Å². The van der Waals surface area contributed by atoms with E-state index in [1.54, 1.807) is 7.11 Å². The molecule has 1 spiro atoms. The number of aliphatic hydroxyl groups excluding tert-OH is 1.